The summed E-state index contributed by atoms with van der Waals surface area (Å²) < 4.78 is 6.55. The molecule has 6 heterocycles. The topological polar surface area (TPSA) is 120 Å². The van der Waals surface area contributed by atoms with Crippen LogP contribution < -0.4 is 10.2 Å². The molecule has 1 amide bonds. The number of benzene rings is 1. The fourth-order valence-corrected chi connectivity index (χ4v) is 7.40. The number of β-amino-alcohol motifs (C(OH)–C–C–N with tert-alkyl or cyclic N) is 1. The van der Waals surface area contributed by atoms with E-state index >= 15 is 0 Å². The van der Waals surface area contributed by atoms with Gasteiger partial charge in [-0.2, -0.15) is 4.98 Å². The molecule has 1 aromatic carbocycles. The number of ether oxygens (including phenoxy) is 1. The third-order valence-corrected chi connectivity index (χ3v) is 9.79. The smallest absolute Gasteiger partial charge is 0.253 e. The number of rotatable bonds is 8. The molecule has 3 aliphatic heterocycles. The van der Waals surface area contributed by atoms with E-state index in [2.05, 4.69) is 20.1 Å². The van der Waals surface area contributed by atoms with Gasteiger partial charge in [0.1, 0.15) is 16.6 Å². The van der Waals surface area contributed by atoms with E-state index in [1.807, 2.05) is 56.6 Å². The highest BCUT2D eigenvalue weighted by Gasteiger charge is 2.44. The number of hydrogen-bond acceptors (Lipinski definition) is 11. The van der Waals surface area contributed by atoms with Gasteiger partial charge >= 0.3 is 0 Å². The molecule has 2 N–H and O–H groups in total. The number of aromatic nitrogens is 4. The maximum Gasteiger partial charge on any atom is 0.253 e. The first-order valence-electron chi connectivity index (χ1n) is 14.9. The first-order chi connectivity index (χ1) is 20.9. The lowest BCUT2D eigenvalue weighted by Crippen LogP contribution is -2.47. The van der Waals surface area contributed by atoms with Crippen LogP contribution in [0, 0.1) is 6.92 Å². The molecular weight excluding hydrogens is 564 g/mol. The number of fused-ring (bicyclic) bond motifs is 3. The second-order valence-electron chi connectivity index (χ2n) is 11.7. The van der Waals surface area contributed by atoms with Crippen LogP contribution in [0.3, 0.4) is 0 Å². The van der Waals surface area contributed by atoms with Crippen LogP contribution in [-0.2, 0) is 4.74 Å². The van der Waals surface area contributed by atoms with Crippen LogP contribution in [0.5, 0.6) is 0 Å². The van der Waals surface area contributed by atoms with Crippen LogP contribution in [0.15, 0.2) is 42.6 Å². The highest BCUT2D eigenvalue weighted by atomic mass is 32.1. The molecule has 2 bridgehead atoms. The fourth-order valence-electron chi connectivity index (χ4n) is 6.48. The van der Waals surface area contributed by atoms with E-state index < -0.39 is 0 Å². The zero-order chi connectivity index (χ0) is 29.5. The Kier molecular flexibility index (Phi) is 7.68. The molecule has 1 unspecified atom stereocenters. The Labute approximate surface area is 254 Å². The van der Waals surface area contributed by atoms with Crippen LogP contribution in [0.4, 0.5) is 17.6 Å². The summed E-state index contributed by atoms with van der Waals surface area (Å²) in [4.78, 5) is 38.8. The molecule has 7 rings (SSSR count). The molecule has 0 radical (unpaired) electrons. The van der Waals surface area contributed by atoms with Crippen molar-refractivity contribution in [2.75, 3.05) is 56.7 Å². The van der Waals surface area contributed by atoms with Gasteiger partial charge in [-0.05, 0) is 38.3 Å². The van der Waals surface area contributed by atoms with Crippen molar-refractivity contribution < 1.29 is 14.6 Å². The van der Waals surface area contributed by atoms with Crippen LogP contribution in [0.25, 0.3) is 20.8 Å². The van der Waals surface area contributed by atoms with E-state index in [1.54, 1.807) is 16.2 Å². The van der Waals surface area contributed by atoms with Gasteiger partial charge < -0.3 is 25.0 Å². The van der Waals surface area contributed by atoms with Crippen molar-refractivity contribution in [3.8, 4) is 10.6 Å². The largest absolute Gasteiger partial charge is 0.395 e. The van der Waals surface area contributed by atoms with E-state index in [0.29, 0.717) is 35.9 Å². The lowest BCUT2D eigenvalue weighted by Gasteiger charge is -2.34. The van der Waals surface area contributed by atoms with Gasteiger partial charge in [0.05, 0.1) is 29.5 Å². The Morgan fingerprint density at radius 1 is 1.16 bits per heavy atom. The quantitative estimate of drug-likeness (QED) is 0.310. The Morgan fingerprint density at radius 2 is 2.07 bits per heavy atom. The molecule has 3 fully saturated rings. The number of aliphatic hydroxyl groups is 1. The highest BCUT2D eigenvalue weighted by molar-refractivity contribution is 7.21. The van der Waals surface area contributed by atoms with E-state index in [0.717, 1.165) is 77.9 Å². The van der Waals surface area contributed by atoms with Crippen molar-refractivity contribution in [3.05, 3.63) is 53.9 Å². The van der Waals surface area contributed by atoms with Crippen LogP contribution >= 0.6 is 11.3 Å². The first kappa shape index (κ1) is 28.1. The number of carbonyl (C=O) groups excluding carboxylic acids is 1. The monoisotopic (exact) mass is 600 g/mol. The molecule has 3 atom stereocenters. The number of piperazine rings is 1. The summed E-state index contributed by atoms with van der Waals surface area (Å²) in [6.45, 7) is 6.05. The lowest BCUT2D eigenvalue weighted by atomic mass is 10.1. The van der Waals surface area contributed by atoms with Crippen molar-refractivity contribution in [1.29, 1.82) is 0 Å². The van der Waals surface area contributed by atoms with Crippen LogP contribution in [0.1, 0.15) is 35.3 Å². The zero-order valence-corrected chi connectivity index (χ0v) is 25.3. The number of thiazole rings is 1. The van der Waals surface area contributed by atoms with Gasteiger partial charge in [0.15, 0.2) is 0 Å². The molecule has 0 aliphatic carbocycles. The number of nitrogens with zero attached hydrogens (tertiary/aromatic N) is 7. The van der Waals surface area contributed by atoms with Gasteiger partial charge in [0.2, 0.25) is 5.95 Å². The minimum atomic E-state index is -0.00428. The Morgan fingerprint density at radius 3 is 2.86 bits per heavy atom. The number of likely N-dealkylation sites (N-methyl/N-ethyl adjacent to an activating group) is 1. The maximum absolute atomic E-state index is 13.2. The van der Waals surface area contributed by atoms with Gasteiger partial charge in [-0.3, -0.25) is 9.69 Å². The molecular formula is C31H36N8O3S. The van der Waals surface area contributed by atoms with E-state index in [-0.39, 0.29) is 18.6 Å². The summed E-state index contributed by atoms with van der Waals surface area (Å²) in [6, 6.07) is 12.4. The molecule has 12 heteroatoms. The summed E-state index contributed by atoms with van der Waals surface area (Å²) in [5, 5.41) is 13.6. The summed E-state index contributed by atoms with van der Waals surface area (Å²) in [7, 11) is 1.86. The molecule has 0 spiro atoms. The number of likely N-dealkylation sites (tertiary alicyclic amines) is 1. The second-order valence-corrected chi connectivity index (χ2v) is 12.7. The van der Waals surface area contributed by atoms with E-state index in [1.165, 1.54) is 0 Å². The Hall–Kier alpha value is -3.71. The van der Waals surface area contributed by atoms with Crippen molar-refractivity contribution in [1.82, 2.24) is 29.7 Å². The van der Waals surface area contributed by atoms with E-state index in [4.69, 9.17) is 19.7 Å². The third-order valence-electron chi connectivity index (χ3n) is 8.73. The van der Waals surface area contributed by atoms with Gasteiger partial charge in [0.25, 0.3) is 5.91 Å². The maximum atomic E-state index is 13.2. The molecule has 43 heavy (non-hydrogen) atoms. The number of carbonyl (C=O) groups is 1. The summed E-state index contributed by atoms with van der Waals surface area (Å²) in [5.74, 6) is 2.08. The number of amides is 1. The van der Waals surface area contributed by atoms with Crippen LogP contribution in [-0.4, -0.2) is 105 Å². The van der Waals surface area contributed by atoms with E-state index in [9.17, 15) is 9.90 Å². The second kappa shape index (κ2) is 11.8. The predicted octanol–water partition coefficient (Wildman–Crippen LogP) is 3.71. The van der Waals surface area contributed by atoms with Crippen LogP contribution in [0.2, 0.25) is 0 Å². The molecule has 3 saturated heterocycles. The molecule has 0 saturated carbocycles. The average Bonchev–Trinajstić information content (AvgIpc) is 3.75. The molecule has 11 nitrogen and oxygen atoms in total. The minimum Gasteiger partial charge on any atom is -0.395 e. The van der Waals surface area contributed by atoms with Crippen molar-refractivity contribution in [2.45, 2.75) is 44.3 Å². The lowest BCUT2D eigenvalue weighted by molar-refractivity contribution is 0.0244. The Balaban J connectivity index is 1.08. The van der Waals surface area contributed by atoms with Gasteiger partial charge in [-0.1, -0.05) is 12.1 Å². The first-order valence-corrected chi connectivity index (χ1v) is 15.7. The molecule has 3 aromatic heterocycles. The van der Waals surface area contributed by atoms with Gasteiger partial charge in [-0.25, -0.2) is 15.0 Å². The number of aryl methyl sites for hydroxylation is 1. The summed E-state index contributed by atoms with van der Waals surface area (Å²) >= 11 is 1.56. The number of nitrogens with one attached hydrogen (secondary N) is 1. The number of anilines is 3. The number of aliphatic hydroxyl groups excluding tert-OH is 1. The Bertz CT molecular complexity index is 1640. The van der Waals surface area contributed by atoms with Gasteiger partial charge in [-0.15, -0.1) is 11.3 Å². The molecule has 224 valence electrons. The normalized spacial score (nSPS) is 21.9. The zero-order valence-electron chi connectivity index (χ0n) is 24.4. The van der Waals surface area contributed by atoms with Crippen molar-refractivity contribution in [2.24, 2.45) is 0 Å². The number of pyridine rings is 1. The minimum absolute atomic E-state index is 0.00428. The fraction of sp³-hybridized carbons (Fsp3) is 0.452. The van der Waals surface area contributed by atoms with Gasteiger partial charge in [0, 0.05) is 80.5 Å². The SMILES string of the molecule is Cc1cc(Nc2cc3nc(-c4cccc(C(=O)N(C)C5CCCOC5)c4)sc3cn2)nc(N2C[C@@H]3C[C@H]2CN3CCO)n1. The van der Waals surface area contributed by atoms with Crippen molar-refractivity contribution >= 4 is 45.0 Å². The summed E-state index contributed by atoms with van der Waals surface area (Å²) in [6.07, 6.45) is 4.84. The highest BCUT2D eigenvalue weighted by Crippen LogP contribution is 2.34. The third kappa shape index (κ3) is 5.67. The summed E-state index contributed by atoms with van der Waals surface area (Å²) in [5.41, 5.74) is 3.27. The van der Waals surface area contributed by atoms with Crippen molar-refractivity contribution in [3.63, 3.8) is 0 Å². The number of hydrogen-bond donors (Lipinski definition) is 2. The standard InChI is InChI=1S/C31H36N8O3S/c1-19-11-28(36-31(33-19)39-17-23-13-24(39)16-38(23)8-9-40)35-27-14-25-26(15-32-27)43-29(34-25)20-5-3-6-21(12-20)30(41)37(2)22-7-4-10-42-18-22/h3,5-6,11-12,14-15,22-24,40H,4,7-10,13,16-18H2,1-2H3,(H,32,33,35,36)/t22?,23-,24-/m0/s1. The molecule has 4 aromatic rings. The molecule has 3 aliphatic rings. The predicted molar refractivity (Wildman–Crippen MR) is 167 cm³/mol. The average molecular weight is 601 g/mol.